The summed E-state index contributed by atoms with van der Waals surface area (Å²) in [7, 11) is 0. The van der Waals surface area contributed by atoms with E-state index in [9.17, 15) is 50.4 Å². The number of carbonyl (C=O) groups is 2. The van der Waals surface area contributed by atoms with Gasteiger partial charge in [-0.1, -0.05) is 0 Å². The number of carbonyl (C=O) groups excluding carboxylic acids is 2. The summed E-state index contributed by atoms with van der Waals surface area (Å²) in [6.07, 6.45) is -19.6. The topological polar surface area (TPSA) is 266 Å². The Bertz CT molecular complexity index is 837. The summed E-state index contributed by atoms with van der Waals surface area (Å²) in [5.41, 5.74) is 0. The van der Waals surface area contributed by atoms with Crippen LogP contribution in [0.25, 0.3) is 0 Å². The summed E-state index contributed by atoms with van der Waals surface area (Å²) < 4.78 is 27.9. The van der Waals surface area contributed by atoms with E-state index >= 15 is 0 Å². The van der Waals surface area contributed by atoms with Crippen molar-refractivity contribution in [2.75, 3.05) is 13.2 Å². The van der Waals surface area contributed by atoms with Crippen LogP contribution in [0.15, 0.2) is 0 Å². The van der Waals surface area contributed by atoms with Crippen molar-refractivity contribution < 1.29 is 74.1 Å². The molecular weight excluding hydrogens is 532 g/mol. The maximum absolute atomic E-state index is 11.8. The SMILES string of the molecule is CC(=O)N[C@@H]1[C@@H](O)[C@H](O[C@@H]2O[C@H](CO)[C@@H](O)[C@H](O)[C@H]2NC(C)=O)[C@@H](CO[C@@H]2O[C@@H](C)[C@H](O)[C@H](O)[C@@H]2O)O[C@@H]1O. The predicted octanol–water partition coefficient (Wildman–Crippen LogP) is -6.26. The standard InChI is InChI=1S/C22H38N2O15/c1-6-13(28)17(32)18(33)22(36-6)35-5-10-19(16(31)11(20(34)37-10)23-7(2)26)39-21-12(24-8(3)27)15(30)14(29)9(4-25)38-21/h6,9-22,25,28-34H,4-5H2,1-3H3,(H,23,26)(H,24,27)/t6-,9+,10+,11+,12+,13-,14+,15+,16+,17-,18-,19+,20-,21-,22+/m0/s1. The molecule has 0 saturated carbocycles. The Labute approximate surface area is 223 Å². The van der Waals surface area contributed by atoms with Gasteiger partial charge >= 0.3 is 0 Å². The van der Waals surface area contributed by atoms with Crippen LogP contribution < -0.4 is 10.6 Å². The van der Waals surface area contributed by atoms with Gasteiger partial charge in [0.1, 0.15) is 67.0 Å². The van der Waals surface area contributed by atoms with Crippen LogP contribution in [-0.4, -0.2) is 158 Å². The molecule has 0 bridgehead atoms. The maximum Gasteiger partial charge on any atom is 0.217 e. The first-order valence-electron chi connectivity index (χ1n) is 12.4. The molecule has 3 aliphatic heterocycles. The first kappa shape index (κ1) is 31.9. The van der Waals surface area contributed by atoms with Crippen LogP contribution in [0, 0.1) is 0 Å². The van der Waals surface area contributed by atoms with E-state index in [-0.39, 0.29) is 0 Å². The van der Waals surface area contributed by atoms with E-state index in [1.54, 1.807) is 0 Å². The Hall–Kier alpha value is -1.58. The zero-order chi connectivity index (χ0) is 29.2. The first-order chi connectivity index (χ1) is 18.3. The van der Waals surface area contributed by atoms with Gasteiger partial charge in [0, 0.05) is 13.8 Å². The van der Waals surface area contributed by atoms with Gasteiger partial charge in [-0.05, 0) is 6.92 Å². The maximum atomic E-state index is 11.8. The molecule has 0 aromatic carbocycles. The molecule has 17 heteroatoms. The Morgan fingerprint density at radius 1 is 0.718 bits per heavy atom. The van der Waals surface area contributed by atoms with E-state index in [1.807, 2.05) is 0 Å². The fraction of sp³-hybridized carbons (Fsp3) is 0.909. The lowest BCUT2D eigenvalue weighted by Gasteiger charge is -2.48. The van der Waals surface area contributed by atoms with Crippen molar-refractivity contribution in [3.63, 3.8) is 0 Å². The lowest BCUT2D eigenvalue weighted by atomic mass is 9.94. The highest BCUT2D eigenvalue weighted by Crippen LogP contribution is 2.30. The molecular formula is C22H38N2O15. The number of amides is 2. The molecule has 3 aliphatic rings. The third-order valence-electron chi connectivity index (χ3n) is 6.84. The van der Waals surface area contributed by atoms with Gasteiger partial charge in [0.2, 0.25) is 11.8 Å². The average Bonchev–Trinajstić information content (AvgIpc) is 2.87. The third kappa shape index (κ3) is 7.20. The summed E-state index contributed by atoms with van der Waals surface area (Å²) >= 11 is 0. The monoisotopic (exact) mass is 570 g/mol. The molecule has 0 aliphatic carbocycles. The fourth-order valence-corrected chi connectivity index (χ4v) is 4.71. The van der Waals surface area contributed by atoms with E-state index in [4.69, 9.17) is 23.7 Å². The number of aliphatic hydroxyl groups excluding tert-OH is 8. The largest absolute Gasteiger partial charge is 0.394 e. The van der Waals surface area contributed by atoms with Gasteiger partial charge in [-0.25, -0.2) is 0 Å². The molecule has 10 N–H and O–H groups in total. The third-order valence-corrected chi connectivity index (χ3v) is 6.84. The van der Waals surface area contributed by atoms with E-state index in [2.05, 4.69) is 10.6 Å². The molecule has 3 saturated heterocycles. The molecule has 0 unspecified atom stereocenters. The van der Waals surface area contributed by atoms with E-state index in [0.29, 0.717) is 0 Å². The number of aliphatic hydroxyl groups is 8. The molecule has 3 rings (SSSR count). The minimum absolute atomic E-state index is 0.547. The average molecular weight is 571 g/mol. The smallest absolute Gasteiger partial charge is 0.217 e. The van der Waals surface area contributed by atoms with Crippen LogP contribution >= 0.6 is 0 Å². The summed E-state index contributed by atoms with van der Waals surface area (Å²) in [6, 6.07) is -2.80. The van der Waals surface area contributed by atoms with Crippen molar-refractivity contribution in [3.05, 3.63) is 0 Å². The Balaban J connectivity index is 1.84. The van der Waals surface area contributed by atoms with Gasteiger partial charge in [0.05, 0.1) is 19.3 Å². The van der Waals surface area contributed by atoms with Gasteiger partial charge in [-0.15, -0.1) is 0 Å². The van der Waals surface area contributed by atoms with E-state index < -0.39 is 117 Å². The first-order valence-corrected chi connectivity index (χ1v) is 12.4. The highest BCUT2D eigenvalue weighted by molar-refractivity contribution is 5.73. The Morgan fingerprint density at radius 2 is 1.33 bits per heavy atom. The van der Waals surface area contributed by atoms with E-state index in [0.717, 1.165) is 13.8 Å². The van der Waals surface area contributed by atoms with Crippen LogP contribution in [0.2, 0.25) is 0 Å². The molecule has 17 nitrogen and oxygen atoms in total. The molecule has 3 fully saturated rings. The summed E-state index contributed by atoms with van der Waals surface area (Å²) in [5.74, 6) is -1.25. The second-order valence-corrected chi connectivity index (χ2v) is 9.83. The minimum atomic E-state index is -1.77. The Morgan fingerprint density at radius 3 is 1.92 bits per heavy atom. The van der Waals surface area contributed by atoms with Gasteiger partial charge < -0.3 is 75.2 Å². The molecule has 15 atom stereocenters. The van der Waals surface area contributed by atoms with Gasteiger partial charge in [-0.2, -0.15) is 0 Å². The number of ether oxygens (including phenoxy) is 5. The van der Waals surface area contributed by atoms with Crippen molar-refractivity contribution in [1.82, 2.24) is 10.6 Å². The molecule has 2 amide bonds. The van der Waals surface area contributed by atoms with Gasteiger partial charge in [0.25, 0.3) is 0 Å². The van der Waals surface area contributed by atoms with E-state index in [1.165, 1.54) is 6.92 Å². The van der Waals surface area contributed by atoms with Crippen molar-refractivity contribution in [2.45, 2.75) is 113 Å². The predicted molar refractivity (Wildman–Crippen MR) is 123 cm³/mol. The second-order valence-electron chi connectivity index (χ2n) is 9.83. The summed E-state index contributed by atoms with van der Waals surface area (Å²) in [6.45, 7) is 2.42. The Kier molecular flexibility index (Phi) is 11.0. The summed E-state index contributed by atoms with van der Waals surface area (Å²) in [4.78, 5) is 23.4. The van der Waals surface area contributed by atoms with Crippen molar-refractivity contribution in [1.29, 1.82) is 0 Å². The van der Waals surface area contributed by atoms with Crippen molar-refractivity contribution in [2.24, 2.45) is 0 Å². The highest BCUT2D eigenvalue weighted by atomic mass is 16.7. The number of hydrogen-bond acceptors (Lipinski definition) is 15. The van der Waals surface area contributed by atoms with Crippen LogP contribution in [0.1, 0.15) is 20.8 Å². The fourth-order valence-electron chi connectivity index (χ4n) is 4.71. The quantitative estimate of drug-likeness (QED) is 0.130. The normalized spacial score (nSPS) is 46.9. The lowest BCUT2D eigenvalue weighted by Crippen LogP contribution is -2.69. The van der Waals surface area contributed by atoms with Crippen LogP contribution in [0.4, 0.5) is 0 Å². The minimum Gasteiger partial charge on any atom is -0.394 e. The molecule has 0 aromatic rings. The van der Waals surface area contributed by atoms with Crippen LogP contribution in [0.5, 0.6) is 0 Å². The molecule has 39 heavy (non-hydrogen) atoms. The van der Waals surface area contributed by atoms with Gasteiger partial charge in [0.15, 0.2) is 18.9 Å². The number of nitrogens with one attached hydrogen (secondary N) is 2. The van der Waals surface area contributed by atoms with Crippen LogP contribution in [-0.2, 0) is 33.3 Å². The molecule has 0 radical (unpaired) electrons. The number of rotatable bonds is 8. The van der Waals surface area contributed by atoms with Crippen molar-refractivity contribution in [3.8, 4) is 0 Å². The zero-order valence-corrected chi connectivity index (χ0v) is 21.5. The molecule has 226 valence electrons. The molecule has 0 aromatic heterocycles. The molecule has 0 spiro atoms. The lowest BCUT2D eigenvalue weighted by molar-refractivity contribution is -0.340. The highest BCUT2D eigenvalue weighted by Gasteiger charge is 2.52. The zero-order valence-electron chi connectivity index (χ0n) is 21.5. The summed E-state index contributed by atoms with van der Waals surface area (Å²) in [5, 5.41) is 86.8. The van der Waals surface area contributed by atoms with Crippen LogP contribution in [0.3, 0.4) is 0 Å². The second kappa shape index (κ2) is 13.4. The number of hydrogen-bond donors (Lipinski definition) is 10. The van der Waals surface area contributed by atoms with Crippen molar-refractivity contribution >= 4 is 11.8 Å². The molecule has 3 heterocycles. The van der Waals surface area contributed by atoms with Gasteiger partial charge in [-0.3, -0.25) is 9.59 Å².